The van der Waals surface area contributed by atoms with Gasteiger partial charge in [0.1, 0.15) is 6.61 Å². The SMILES string of the molecule is CC/C=C/C/C=C/C/C=C/C/C=C/C/C=C/CCC(=O)OC(CO)COC(=O)CC/C=C/C/C=C/CCCCCCCC. The van der Waals surface area contributed by atoms with Crippen LogP contribution in [0.25, 0.3) is 0 Å². The lowest BCUT2D eigenvalue weighted by Crippen LogP contribution is -2.28. The number of allylic oxidation sites excluding steroid dienone is 14. The smallest absolute Gasteiger partial charge is 0.306 e. The number of hydrogen-bond acceptors (Lipinski definition) is 5. The molecule has 43 heavy (non-hydrogen) atoms. The van der Waals surface area contributed by atoms with Gasteiger partial charge in [0.2, 0.25) is 0 Å². The van der Waals surface area contributed by atoms with Gasteiger partial charge >= 0.3 is 11.9 Å². The molecule has 0 aliphatic carbocycles. The molecule has 0 heterocycles. The molecule has 0 aromatic carbocycles. The van der Waals surface area contributed by atoms with E-state index in [2.05, 4.69) is 80.7 Å². The normalized spacial score (nSPS) is 13.3. The Morgan fingerprint density at radius 3 is 1.51 bits per heavy atom. The van der Waals surface area contributed by atoms with E-state index in [1.165, 1.54) is 38.5 Å². The largest absolute Gasteiger partial charge is 0.462 e. The van der Waals surface area contributed by atoms with Crippen molar-refractivity contribution in [2.24, 2.45) is 0 Å². The molecule has 1 unspecified atom stereocenters. The first-order valence-electron chi connectivity index (χ1n) is 16.6. The van der Waals surface area contributed by atoms with Crippen molar-refractivity contribution < 1.29 is 24.2 Å². The van der Waals surface area contributed by atoms with Crippen LogP contribution >= 0.6 is 0 Å². The van der Waals surface area contributed by atoms with Gasteiger partial charge in [-0.2, -0.15) is 0 Å². The van der Waals surface area contributed by atoms with Crippen LogP contribution in [0.5, 0.6) is 0 Å². The fourth-order valence-corrected chi connectivity index (χ4v) is 3.95. The summed E-state index contributed by atoms with van der Waals surface area (Å²) in [5.41, 5.74) is 0. The predicted octanol–water partition coefficient (Wildman–Crippen LogP) is 10.00. The standard InChI is InChI=1S/C38H60O5/c1-3-5-7-9-11-13-15-17-18-19-21-23-25-27-29-31-33-38(41)43-36(34-39)35-42-37(40)32-30-28-26-24-22-20-16-14-12-10-8-6-4-2/h5,7,11,13,17-18,20-23,26-29,36,39H,3-4,6,8-10,12,14-16,19,24-25,30-35H2,1-2H3/b7-5+,13-11+,18-17+,22-20+,23-21+,28-26+,29-27+. The highest BCUT2D eigenvalue weighted by atomic mass is 16.6. The van der Waals surface area contributed by atoms with Gasteiger partial charge in [-0.25, -0.2) is 0 Å². The van der Waals surface area contributed by atoms with Crippen LogP contribution in [-0.4, -0.2) is 36.4 Å². The van der Waals surface area contributed by atoms with E-state index in [1.807, 2.05) is 18.2 Å². The van der Waals surface area contributed by atoms with E-state index in [9.17, 15) is 14.7 Å². The quantitative estimate of drug-likeness (QED) is 0.0553. The summed E-state index contributed by atoms with van der Waals surface area (Å²) in [7, 11) is 0. The molecule has 0 radical (unpaired) electrons. The third-order valence-corrected chi connectivity index (χ3v) is 6.45. The lowest BCUT2D eigenvalue weighted by atomic mass is 10.1. The first-order chi connectivity index (χ1) is 21.1. The van der Waals surface area contributed by atoms with Crippen molar-refractivity contribution in [2.45, 2.75) is 129 Å². The molecule has 1 N–H and O–H groups in total. The maximum atomic E-state index is 12.1. The van der Waals surface area contributed by atoms with E-state index in [-0.39, 0.29) is 32.0 Å². The van der Waals surface area contributed by atoms with Crippen LogP contribution in [0.4, 0.5) is 0 Å². The minimum absolute atomic E-state index is 0.131. The molecular weight excluding hydrogens is 536 g/mol. The molecule has 242 valence electrons. The Hall–Kier alpha value is -2.92. The average molecular weight is 597 g/mol. The van der Waals surface area contributed by atoms with Gasteiger partial charge in [0.15, 0.2) is 6.10 Å². The summed E-state index contributed by atoms with van der Waals surface area (Å²) in [6.45, 7) is 3.86. The summed E-state index contributed by atoms with van der Waals surface area (Å²) in [4.78, 5) is 24.0. The lowest BCUT2D eigenvalue weighted by Gasteiger charge is -2.15. The number of carbonyl (C=O) groups excluding carboxylic acids is 2. The third-order valence-electron chi connectivity index (χ3n) is 6.45. The fourth-order valence-electron chi connectivity index (χ4n) is 3.95. The summed E-state index contributed by atoms with van der Waals surface area (Å²) in [5.74, 6) is -0.778. The molecule has 5 nitrogen and oxygen atoms in total. The van der Waals surface area contributed by atoms with Gasteiger partial charge in [-0.3, -0.25) is 9.59 Å². The van der Waals surface area contributed by atoms with Gasteiger partial charge in [-0.05, 0) is 64.2 Å². The molecule has 0 fully saturated rings. The Morgan fingerprint density at radius 1 is 0.558 bits per heavy atom. The van der Waals surface area contributed by atoms with Gasteiger partial charge in [0.05, 0.1) is 6.61 Å². The van der Waals surface area contributed by atoms with Crippen molar-refractivity contribution in [3.63, 3.8) is 0 Å². The highest BCUT2D eigenvalue weighted by molar-refractivity contribution is 5.70. The number of rotatable bonds is 28. The number of unbranched alkanes of at least 4 members (excludes halogenated alkanes) is 6. The highest BCUT2D eigenvalue weighted by Crippen LogP contribution is 2.08. The van der Waals surface area contributed by atoms with Gasteiger partial charge in [0.25, 0.3) is 0 Å². The first kappa shape index (κ1) is 40.1. The van der Waals surface area contributed by atoms with E-state index in [0.29, 0.717) is 12.8 Å². The molecule has 0 aromatic heterocycles. The van der Waals surface area contributed by atoms with Crippen LogP contribution in [-0.2, 0) is 19.1 Å². The zero-order valence-electron chi connectivity index (χ0n) is 27.2. The molecule has 0 spiro atoms. The molecular formula is C38H60O5. The van der Waals surface area contributed by atoms with Gasteiger partial charge in [0, 0.05) is 12.8 Å². The molecule has 0 amide bonds. The summed E-state index contributed by atoms with van der Waals surface area (Å²) in [6.07, 6.45) is 45.1. The van der Waals surface area contributed by atoms with Crippen molar-refractivity contribution >= 4 is 11.9 Å². The number of esters is 2. The molecule has 5 heteroatoms. The van der Waals surface area contributed by atoms with Crippen LogP contribution in [0.15, 0.2) is 85.1 Å². The van der Waals surface area contributed by atoms with Crippen molar-refractivity contribution in [3.05, 3.63) is 85.1 Å². The fraction of sp³-hybridized carbons (Fsp3) is 0.579. The number of aliphatic hydroxyl groups is 1. The Morgan fingerprint density at radius 2 is 1.00 bits per heavy atom. The number of hydrogen-bond donors (Lipinski definition) is 1. The molecule has 0 bridgehead atoms. The van der Waals surface area contributed by atoms with Crippen molar-refractivity contribution in [2.75, 3.05) is 13.2 Å². The Kier molecular flexibility index (Phi) is 31.3. The highest BCUT2D eigenvalue weighted by Gasteiger charge is 2.15. The topological polar surface area (TPSA) is 72.8 Å². The van der Waals surface area contributed by atoms with Crippen LogP contribution in [0.3, 0.4) is 0 Å². The van der Waals surface area contributed by atoms with E-state index in [0.717, 1.165) is 44.9 Å². The van der Waals surface area contributed by atoms with Crippen LogP contribution in [0.2, 0.25) is 0 Å². The van der Waals surface area contributed by atoms with Crippen molar-refractivity contribution in [3.8, 4) is 0 Å². The second-order valence-electron chi connectivity index (χ2n) is 10.5. The van der Waals surface area contributed by atoms with Gasteiger partial charge in [-0.15, -0.1) is 0 Å². The summed E-state index contributed by atoms with van der Waals surface area (Å²) in [6, 6.07) is 0. The molecule has 0 aromatic rings. The van der Waals surface area contributed by atoms with Crippen molar-refractivity contribution in [1.29, 1.82) is 0 Å². The minimum atomic E-state index is -0.836. The molecule has 1 atom stereocenters. The lowest BCUT2D eigenvalue weighted by molar-refractivity contribution is -0.161. The van der Waals surface area contributed by atoms with Gasteiger partial charge < -0.3 is 14.6 Å². The van der Waals surface area contributed by atoms with Crippen molar-refractivity contribution in [1.82, 2.24) is 0 Å². The zero-order valence-corrected chi connectivity index (χ0v) is 27.2. The number of carbonyl (C=O) groups is 2. The number of aliphatic hydroxyl groups excluding tert-OH is 1. The Bertz CT molecular complexity index is 860. The first-order valence-corrected chi connectivity index (χ1v) is 16.6. The summed E-state index contributed by atoms with van der Waals surface area (Å²) < 4.78 is 10.4. The predicted molar refractivity (Wildman–Crippen MR) is 182 cm³/mol. The third kappa shape index (κ3) is 31.8. The van der Waals surface area contributed by atoms with E-state index >= 15 is 0 Å². The van der Waals surface area contributed by atoms with Crippen LogP contribution < -0.4 is 0 Å². The van der Waals surface area contributed by atoms with Crippen LogP contribution in [0, 0.1) is 0 Å². The molecule has 0 aliphatic heterocycles. The molecule has 0 rings (SSSR count). The van der Waals surface area contributed by atoms with Gasteiger partial charge in [-0.1, -0.05) is 131 Å². The minimum Gasteiger partial charge on any atom is -0.462 e. The Balaban J connectivity index is 3.84. The maximum absolute atomic E-state index is 12.1. The average Bonchev–Trinajstić information content (AvgIpc) is 3.01. The maximum Gasteiger partial charge on any atom is 0.306 e. The molecule has 0 aliphatic rings. The summed E-state index contributed by atoms with van der Waals surface area (Å²) in [5, 5.41) is 9.48. The monoisotopic (exact) mass is 596 g/mol. The summed E-state index contributed by atoms with van der Waals surface area (Å²) >= 11 is 0. The van der Waals surface area contributed by atoms with E-state index in [1.54, 1.807) is 0 Å². The number of ether oxygens (including phenoxy) is 2. The van der Waals surface area contributed by atoms with Crippen LogP contribution in [0.1, 0.15) is 123 Å². The van der Waals surface area contributed by atoms with E-state index < -0.39 is 12.1 Å². The van der Waals surface area contributed by atoms with E-state index in [4.69, 9.17) is 9.47 Å². The Labute approximate surface area is 263 Å². The second-order valence-corrected chi connectivity index (χ2v) is 10.5. The second kappa shape index (κ2) is 33.6. The molecule has 0 saturated heterocycles. The molecule has 0 saturated carbocycles. The zero-order chi connectivity index (χ0) is 31.5.